The highest BCUT2D eigenvalue weighted by molar-refractivity contribution is 7.09. The summed E-state index contributed by atoms with van der Waals surface area (Å²) in [6.07, 6.45) is 2.65. The van der Waals surface area contributed by atoms with Crippen molar-refractivity contribution in [2.45, 2.75) is 32.3 Å². The molecule has 1 N–H and O–H groups in total. The van der Waals surface area contributed by atoms with Gasteiger partial charge < -0.3 is 10.1 Å². The molecule has 2 heterocycles. The Kier molecular flexibility index (Phi) is 4.65. The van der Waals surface area contributed by atoms with Crippen LogP contribution in [0.15, 0.2) is 5.38 Å². The van der Waals surface area contributed by atoms with Crippen molar-refractivity contribution in [3.8, 4) is 0 Å². The zero-order valence-corrected chi connectivity index (χ0v) is 10.9. The minimum atomic E-state index is 0.119. The number of hydrogen-bond acceptors (Lipinski definition) is 5. The molecule has 2 rings (SSSR count). The Morgan fingerprint density at radius 3 is 3.00 bits per heavy atom. The third-order valence-corrected chi connectivity index (χ3v) is 3.63. The van der Waals surface area contributed by atoms with Crippen LogP contribution in [-0.2, 0) is 16.0 Å². The van der Waals surface area contributed by atoms with E-state index in [1.807, 2.05) is 12.3 Å². The summed E-state index contributed by atoms with van der Waals surface area (Å²) in [5.74, 6) is 0.119. The van der Waals surface area contributed by atoms with Crippen molar-refractivity contribution in [3.05, 3.63) is 16.1 Å². The first kappa shape index (κ1) is 12.7. The van der Waals surface area contributed by atoms with Gasteiger partial charge >= 0.3 is 0 Å². The minimum absolute atomic E-state index is 0.119. The van der Waals surface area contributed by atoms with E-state index in [1.54, 1.807) is 11.3 Å². The van der Waals surface area contributed by atoms with Crippen LogP contribution in [0, 0.1) is 6.92 Å². The smallest absolute Gasteiger partial charge is 0.164 e. The molecular weight excluding hydrogens is 236 g/mol. The van der Waals surface area contributed by atoms with E-state index in [9.17, 15) is 4.79 Å². The van der Waals surface area contributed by atoms with E-state index in [1.165, 1.54) is 0 Å². The van der Waals surface area contributed by atoms with E-state index < -0.39 is 0 Å². The van der Waals surface area contributed by atoms with Crippen LogP contribution in [0.2, 0.25) is 0 Å². The molecule has 1 aliphatic heterocycles. The lowest BCUT2D eigenvalue weighted by Crippen LogP contribution is -2.33. The molecule has 1 saturated heterocycles. The molecule has 0 unspecified atom stereocenters. The zero-order chi connectivity index (χ0) is 12.1. The van der Waals surface area contributed by atoms with Crippen molar-refractivity contribution < 1.29 is 9.53 Å². The topological polar surface area (TPSA) is 51.2 Å². The van der Waals surface area contributed by atoms with Crippen LogP contribution in [0.1, 0.15) is 23.5 Å². The van der Waals surface area contributed by atoms with E-state index >= 15 is 0 Å². The van der Waals surface area contributed by atoms with Gasteiger partial charge in [0.25, 0.3) is 0 Å². The van der Waals surface area contributed by atoms with Crippen molar-refractivity contribution in [3.63, 3.8) is 0 Å². The Labute approximate surface area is 105 Å². The van der Waals surface area contributed by atoms with Gasteiger partial charge in [-0.05, 0) is 32.9 Å². The Hall–Kier alpha value is -0.780. The van der Waals surface area contributed by atoms with E-state index in [0.29, 0.717) is 6.42 Å². The summed E-state index contributed by atoms with van der Waals surface area (Å²) < 4.78 is 5.61. The molecule has 17 heavy (non-hydrogen) atoms. The summed E-state index contributed by atoms with van der Waals surface area (Å²) in [4.78, 5) is 16.0. The van der Waals surface area contributed by atoms with E-state index in [4.69, 9.17) is 4.74 Å². The lowest BCUT2D eigenvalue weighted by Gasteiger charge is -2.22. The monoisotopic (exact) mass is 254 g/mol. The van der Waals surface area contributed by atoms with Gasteiger partial charge in [-0.2, -0.15) is 0 Å². The second kappa shape index (κ2) is 6.23. The van der Waals surface area contributed by atoms with Crippen LogP contribution >= 0.6 is 11.3 Å². The largest absolute Gasteiger partial charge is 0.370 e. The molecule has 0 spiro atoms. The van der Waals surface area contributed by atoms with Gasteiger partial charge in [-0.1, -0.05) is 0 Å². The number of carbonyl (C=O) groups excluding carboxylic acids is 1. The van der Waals surface area contributed by atoms with Gasteiger partial charge in [-0.25, -0.2) is 4.98 Å². The number of ether oxygens (including phenoxy) is 1. The minimum Gasteiger partial charge on any atom is -0.370 e. The second-order valence-electron chi connectivity index (χ2n) is 4.33. The van der Waals surface area contributed by atoms with E-state index in [0.717, 1.165) is 36.6 Å². The molecule has 1 fully saturated rings. The maximum atomic E-state index is 11.7. The molecule has 4 nitrogen and oxygen atoms in total. The molecule has 5 heteroatoms. The summed E-state index contributed by atoms with van der Waals surface area (Å²) in [6.45, 7) is 4.15. The quantitative estimate of drug-likeness (QED) is 0.861. The van der Waals surface area contributed by atoms with Crippen molar-refractivity contribution in [2.75, 3.05) is 19.7 Å². The SMILES string of the molecule is Cc1nc(CC(=O)COC2CCNCC2)cs1. The number of nitrogens with one attached hydrogen (secondary N) is 1. The number of Topliss-reactive ketones (excluding diaryl/α,β-unsaturated/α-hetero) is 1. The average molecular weight is 254 g/mol. The van der Waals surface area contributed by atoms with Crippen LogP contribution < -0.4 is 5.32 Å². The normalized spacial score (nSPS) is 17.2. The van der Waals surface area contributed by atoms with E-state index in [-0.39, 0.29) is 18.5 Å². The lowest BCUT2D eigenvalue weighted by molar-refractivity contribution is -0.125. The predicted octanol–water partition coefficient (Wildman–Crippen LogP) is 1.33. The number of carbonyl (C=O) groups is 1. The predicted molar refractivity (Wildman–Crippen MR) is 67.4 cm³/mol. The number of thiazole rings is 1. The summed E-state index contributed by atoms with van der Waals surface area (Å²) in [5, 5.41) is 6.22. The van der Waals surface area contributed by atoms with E-state index in [2.05, 4.69) is 10.3 Å². The third-order valence-electron chi connectivity index (χ3n) is 2.81. The van der Waals surface area contributed by atoms with Crippen LogP contribution in [-0.4, -0.2) is 36.6 Å². The Balaban J connectivity index is 1.70. The first-order valence-electron chi connectivity index (χ1n) is 5.99. The fourth-order valence-corrected chi connectivity index (χ4v) is 2.53. The maximum absolute atomic E-state index is 11.7. The zero-order valence-electron chi connectivity index (χ0n) is 10.1. The fraction of sp³-hybridized carbons (Fsp3) is 0.667. The molecule has 0 radical (unpaired) electrons. The van der Waals surface area contributed by atoms with Crippen molar-refractivity contribution in [1.29, 1.82) is 0 Å². The second-order valence-corrected chi connectivity index (χ2v) is 5.40. The van der Waals surface area contributed by atoms with Gasteiger partial charge in [0.15, 0.2) is 5.78 Å². The first-order valence-corrected chi connectivity index (χ1v) is 6.87. The molecular formula is C12H18N2O2S. The van der Waals surface area contributed by atoms with Crippen LogP contribution in [0.3, 0.4) is 0 Å². The fourth-order valence-electron chi connectivity index (χ4n) is 1.92. The number of ketones is 1. The number of piperidine rings is 1. The molecule has 0 aliphatic carbocycles. The molecule has 1 aliphatic rings. The highest BCUT2D eigenvalue weighted by Gasteiger charge is 2.15. The van der Waals surface area contributed by atoms with Crippen LogP contribution in [0.25, 0.3) is 0 Å². The highest BCUT2D eigenvalue weighted by Crippen LogP contribution is 2.10. The lowest BCUT2D eigenvalue weighted by atomic mass is 10.1. The summed E-state index contributed by atoms with van der Waals surface area (Å²) in [7, 11) is 0. The standard InChI is InChI=1S/C12H18N2O2S/c1-9-14-10(8-17-9)6-11(15)7-16-12-2-4-13-5-3-12/h8,12-13H,2-7H2,1H3. The summed E-state index contributed by atoms with van der Waals surface area (Å²) in [5.41, 5.74) is 0.867. The van der Waals surface area contributed by atoms with Crippen LogP contribution in [0.4, 0.5) is 0 Å². The third kappa shape index (κ3) is 4.18. The maximum Gasteiger partial charge on any atom is 0.164 e. The molecule has 0 bridgehead atoms. The molecule has 0 saturated carbocycles. The van der Waals surface area contributed by atoms with Gasteiger partial charge in [0.05, 0.1) is 23.2 Å². The summed E-state index contributed by atoms with van der Waals surface area (Å²) in [6, 6.07) is 0. The Morgan fingerprint density at radius 2 is 2.35 bits per heavy atom. The summed E-state index contributed by atoms with van der Waals surface area (Å²) >= 11 is 1.58. The van der Waals surface area contributed by atoms with Crippen molar-refractivity contribution in [2.24, 2.45) is 0 Å². The number of nitrogens with zero attached hydrogens (tertiary/aromatic N) is 1. The molecule has 1 aromatic rings. The molecule has 0 atom stereocenters. The molecule has 94 valence electrons. The van der Waals surface area contributed by atoms with Crippen molar-refractivity contribution >= 4 is 17.1 Å². The molecule has 1 aromatic heterocycles. The number of rotatable bonds is 5. The average Bonchev–Trinajstić information content (AvgIpc) is 2.73. The van der Waals surface area contributed by atoms with Gasteiger partial charge in [0.1, 0.15) is 6.61 Å². The number of aromatic nitrogens is 1. The molecule has 0 aromatic carbocycles. The molecule has 0 amide bonds. The highest BCUT2D eigenvalue weighted by atomic mass is 32.1. The van der Waals surface area contributed by atoms with Gasteiger partial charge in [-0.3, -0.25) is 4.79 Å². The van der Waals surface area contributed by atoms with Gasteiger partial charge in [-0.15, -0.1) is 11.3 Å². The first-order chi connectivity index (χ1) is 8.24. The Bertz CT molecular complexity index is 372. The number of hydrogen-bond donors (Lipinski definition) is 1. The Morgan fingerprint density at radius 1 is 1.59 bits per heavy atom. The van der Waals surface area contributed by atoms with Gasteiger partial charge in [0, 0.05) is 5.38 Å². The van der Waals surface area contributed by atoms with Crippen molar-refractivity contribution in [1.82, 2.24) is 10.3 Å². The van der Waals surface area contributed by atoms with Gasteiger partial charge in [0.2, 0.25) is 0 Å². The van der Waals surface area contributed by atoms with Crippen LogP contribution in [0.5, 0.6) is 0 Å². The number of aryl methyl sites for hydroxylation is 1.